The van der Waals surface area contributed by atoms with Gasteiger partial charge in [0.05, 0.1) is 18.0 Å². The maximum atomic E-state index is 12.8. The lowest BCUT2D eigenvalue weighted by atomic mass is 10.0. The fourth-order valence-corrected chi connectivity index (χ4v) is 4.45. The molecule has 0 aliphatic carbocycles. The first kappa shape index (κ1) is 28.6. The maximum absolute atomic E-state index is 12.8. The molecule has 1 aliphatic rings. The second-order valence-corrected chi connectivity index (χ2v) is 9.76. The van der Waals surface area contributed by atoms with Gasteiger partial charge in [-0.1, -0.05) is 13.8 Å². The number of likely N-dealkylation sites (tertiary alicyclic amines) is 1. The third kappa shape index (κ3) is 7.70. The maximum Gasteiger partial charge on any atom is 0.352 e. The second kappa shape index (κ2) is 12.9. The van der Waals surface area contributed by atoms with E-state index in [1.807, 2.05) is 13.8 Å². The summed E-state index contributed by atoms with van der Waals surface area (Å²) in [5, 5.41) is 22.1. The summed E-state index contributed by atoms with van der Waals surface area (Å²) in [6.07, 6.45) is 0.0526. The Morgan fingerprint density at radius 2 is 1.86 bits per heavy atom. The molecule has 2 unspecified atom stereocenters. The van der Waals surface area contributed by atoms with Crippen LogP contribution < -0.4 is 10.1 Å². The topological polar surface area (TPSA) is 165 Å². The minimum absolute atomic E-state index is 0.0526. The molecule has 1 heterocycles. The molecule has 1 aromatic rings. The van der Waals surface area contributed by atoms with E-state index in [1.165, 1.54) is 24.3 Å². The number of allylic oxidation sites excluding steroid dienone is 1. The van der Waals surface area contributed by atoms with Gasteiger partial charge in [0.2, 0.25) is 0 Å². The van der Waals surface area contributed by atoms with Crippen LogP contribution in [-0.2, 0) is 23.9 Å². The summed E-state index contributed by atoms with van der Waals surface area (Å²) in [4.78, 5) is 60.2. The van der Waals surface area contributed by atoms with E-state index in [2.05, 4.69) is 5.32 Å². The number of nitrogens with one attached hydrogen (secondary N) is 1. The first-order valence-corrected chi connectivity index (χ1v) is 12.1. The minimum atomic E-state index is -1.28. The highest BCUT2D eigenvalue weighted by molar-refractivity contribution is 8.00. The van der Waals surface area contributed by atoms with Gasteiger partial charge in [-0.3, -0.25) is 29.4 Å². The Morgan fingerprint density at radius 1 is 1.22 bits per heavy atom. The number of thioether (sulfide) groups is 1. The number of hydrogen-bond donors (Lipinski definition) is 2. The van der Waals surface area contributed by atoms with Gasteiger partial charge in [-0.25, -0.2) is 4.79 Å². The number of carbonyl (C=O) groups excluding carboxylic acids is 3. The van der Waals surface area contributed by atoms with E-state index in [9.17, 15) is 34.4 Å². The molecule has 13 heteroatoms. The number of carbonyl (C=O) groups is 4. The number of rotatable bonds is 13. The van der Waals surface area contributed by atoms with E-state index < -0.39 is 46.7 Å². The van der Waals surface area contributed by atoms with Gasteiger partial charge in [0.25, 0.3) is 17.5 Å². The van der Waals surface area contributed by atoms with Gasteiger partial charge in [-0.15, -0.1) is 11.8 Å². The SMILES string of the molecule is CC(C)=C(C(=O)O)N1C(=O)C(NC(=O)COc2ccc([N+](=O)[O-])cc2)C1SCCC(=O)OCC(C)C. The molecule has 2 amide bonds. The third-order valence-corrected chi connectivity index (χ3v) is 6.13. The van der Waals surface area contributed by atoms with Crippen LogP contribution >= 0.6 is 11.8 Å². The monoisotopic (exact) mass is 523 g/mol. The van der Waals surface area contributed by atoms with E-state index in [-0.39, 0.29) is 41.8 Å². The van der Waals surface area contributed by atoms with Crippen molar-refractivity contribution >= 4 is 41.2 Å². The Bertz CT molecular complexity index is 1040. The van der Waals surface area contributed by atoms with Crippen LogP contribution in [0, 0.1) is 16.0 Å². The van der Waals surface area contributed by atoms with Crippen LogP contribution in [0.1, 0.15) is 34.1 Å². The molecule has 2 rings (SSSR count). The number of carboxylic acids is 1. The molecule has 0 radical (unpaired) electrons. The van der Waals surface area contributed by atoms with Crippen molar-refractivity contribution in [2.24, 2.45) is 5.92 Å². The van der Waals surface area contributed by atoms with Crippen LogP contribution in [0.3, 0.4) is 0 Å². The number of hydrogen-bond acceptors (Lipinski definition) is 9. The minimum Gasteiger partial charge on any atom is -0.484 e. The summed E-state index contributed by atoms with van der Waals surface area (Å²) < 4.78 is 10.5. The molecular weight excluding hydrogens is 494 g/mol. The Kier molecular flexibility index (Phi) is 10.3. The van der Waals surface area contributed by atoms with Gasteiger partial charge >= 0.3 is 11.9 Å². The van der Waals surface area contributed by atoms with Crippen molar-refractivity contribution in [2.45, 2.75) is 45.5 Å². The summed E-state index contributed by atoms with van der Waals surface area (Å²) in [5.74, 6) is -2.28. The number of nitrogens with zero attached hydrogens (tertiary/aromatic N) is 2. The average Bonchev–Trinajstić information content (AvgIpc) is 2.81. The fraction of sp³-hybridized carbons (Fsp3) is 0.478. The summed E-state index contributed by atoms with van der Waals surface area (Å²) in [6.45, 7) is 6.76. The van der Waals surface area contributed by atoms with E-state index in [1.54, 1.807) is 13.8 Å². The van der Waals surface area contributed by atoms with Crippen molar-refractivity contribution in [3.05, 3.63) is 45.6 Å². The molecule has 1 fully saturated rings. The standard InChI is InChI=1S/C23H29N3O9S/c1-13(2)11-35-18(28)9-10-36-22-19(21(29)25(22)20(14(3)4)23(30)31)24-17(27)12-34-16-7-5-15(6-8-16)26(32)33/h5-8,13,19,22H,9-12H2,1-4H3,(H,24,27)(H,30,31). The number of amides is 2. The van der Waals surface area contributed by atoms with Crippen molar-refractivity contribution < 1.29 is 38.7 Å². The molecule has 1 aliphatic heterocycles. The van der Waals surface area contributed by atoms with E-state index in [0.717, 1.165) is 16.7 Å². The normalized spacial score (nSPS) is 16.7. The highest BCUT2D eigenvalue weighted by Gasteiger charge is 2.51. The van der Waals surface area contributed by atoms with E-state index >= 15 is 0 Å². The van der Waals surface area contributed by atoms with Gasteiger partial charge in [0.15, 0.2) is 6.61 Å². The van der Waals surface area contributed by atoms with Gasteiger partial charge in [0, 0.05) is 17.9 Å². The van der Waals surface area contributed by atoms with Crippen LogP contribution in [0.4, 0.5) is 5.69 Å². The highest BCUT2D eigenvalue weighted by Crippen LogP contribution is 2.35. The molecule has 0 saturated carbocycles. The van der Waals surface area contributed by atoms with Crippen LogP contribution in [0.15, 0.2) is 35.5 Å². The van der Waals surface area contributed by atoms with Crippen molar-refractivity contribution in [3.63, 3.8) is 0 Å². The molecule has 36 heavy (non-hydrogen) atoms. The summed E-state index contributed by atoms with van der Waals surface area (Å²) in [7, 11) is 0. The number of non-ortho nitro benzene ring substituents is 1. The number of ether oxygens (including phenoxy) is 2. The lowest BCUT2D eigenvalue weighted by Crippen LogP contribution is -2.69. The van der Waals surface area contributed by atoms with Crippen LogP contribution in [0.2, 0.25) is 0 Å². The Labute approximate surface area is 212 Å². The molecule has 2 atom stereocenters. The predicted octanol–water partition coefficient (Wildman–Crippen LogP) is 2.33. The smallest absolute Gasteiger partial charge is 0.352 e. The molecule has 2 N–H and O–H groups in total. The van der Waals surface area contributed by atoms with Crippen molar-refractivity contribution in [2.75, 3.05) is 19.0 Å². The molecule has 0 spiro atoms. The number of β-lactam (4-membered cyclic amide) rings is 1. The van der Waals surface area contributed by atoms with Crippen LogP contribution in [0.25, 0.3) is 0 Å². The number of esters is 1. The van der Waals surface area contributed by atoms with Gasteiger partial charge in [-0.2, -0.15) is 0 Å². The summed E-state index contributed by atoms with van der Waals surface area (Å²) in [6, 6.07) is 4.11. The lowest BCUT2D eigenvalue weighted by Gasteiger charge is -2.46. The quantitative estimate of drug-likeness (QED) is 0.129. The van der Waals surface area contributed by atoms with Gasteiger partial charge < -0.3 is 19.9 Å². The first-order valence-electron chi connectivity index (χ1n) is 11.1. The molecule has 1 saturated heterocycles. The molecule has 1 aromatic carbocycles. The molecular formula is C23H29N3O9S. The Morgan fingerprint density at radius 3 is 2.39 bits per heavy atom. The number of nitro benzene ring substituents is 1. The number of aliphatic carboxylic acids is 1. The zero-order chi connectivity index (χ0) is 27.0. The highest BCUT2D eigenvalue weighted by atomic mass is 32.2. The van der Waals surface area contributed by atoms with Crippen LogP contribution in [0.5, 0.6) is 5.75 Å². The largest absolute Gasteiger partial charge is 0.484 e. The summed E-state index contributed by atoms with van der Waals surface area (Å²) in [5.41, 5.74) is 0.0880. The van der Waals surface area contributed by atoms with Crippen molar-refractivity contribution in [1.82, 2.24) is 10.2 Å². The molecule has 196 valence electrons. The van der Waals surface area contributed by atoms with Crippen molar-refractivity contribution in [3.8, 4) is 5.75 Å². The molecule has 0 aromatic heterocycles. The van der Waals surface area contributed by atoms with E-state index in [0.29, 0.717) is 5.57 Å². The van der Waals surface area contributed by atoms with Gasteiger partial charge in [-0.05, 0) is 37.5 Å². The van der Waals surface area contributed by atoms with Crippen molar-refractivity contribution in [1.29, 1.82) is 0 Å². The first-order chi connectivity index (χ1) is 16.9. The second-order valence-electron chi connectivity index (χ2n) is 8.54. The number of nitro groups is 1. The average molecular weight is 524 g/mol. The molecule has 12 nitrogen and oxygen atoms in total. The fourth-order valence-electron chi connectivity index (χ4n) is 3.19. The molecule has 0 bridgehead atoms. The number of benzene rings is 1. The zero-order valence-electron chi connectivity index (χ0n) is 20.4. The summed E-state index contributed by atoms with van der Waals surface area (Å²) >= 11 is 1.16. The number of carboxylic acid groups (broad SMARTS) is 1. The van der Waals surface area contributed by atoms with Gasteiger partial charge in [0.1, 0.15) is 22.9 Å². The lowest BCUT2D eigenvalue weighted by molar-refractivity contribution is -0.384. The third-order valence-electron chi connectivity index (χ3n) is 4.87. The Balaban J connectivity index is 2.03. The van der Waals surface area contributed by atoms with E-state index in [4.69, 9.17) is 9.47 Å². The zero-order valence-corrected chi connectivity index (χ0v) is 21.2. The Hall–Kier alpha value is -3.61. The van der Waals surface area contributed by atoms with Crippen LogP contribution in [-0.4, -0.2) is 69.1 Å². The predicted molar refractivity (Wildman–Crippen MR) is 130 cm³/mol.